The zero-order valence-electron chi connectivity index (χ0n) is 13.3. The van der Waals surface area contributed by atoms with Crippen LogP contribution in [0.15, 0.2) is 29.8 Å². The highest BCUT2D eigenvalue weighted by atomic mass is 32.1. The molecule has 23 heavy (non-hydrogen) atoms. The summed E-state index contributed by atoms with van der Waals surface area (Å²) in [5.41, 5.74) is 1.63. The molecule has 0 saturated carbocycles. The molecule has 2 aromatic rings. The summed E-state index contributed by atoms with van der Waals surface area (Å²) in [5, 5.41) is 8.86. The highest BCUT2D eigenvalue weighted by Crippen LogP contribution is 2.26. The Balaban J connectivity index is 1.55. The number of piperidine rings is 1. The van der Waals surface area contributed by atoms with E-state index < -0.39 is 0 Å². The third kappa shape index (κ3) is 4.36. The number of amides is 1. The Morgan fingerprint density at radius 1 is 1.39 bits per heavy atom. The van der Waals surface area contributed by atoms with Gasteiger partial charge in [0.05, 0.1) is 5.69 Å². The lowest BCUT2D eigenvalue weighted by molar-refractivity contribution is -0.117. The first-order valence-electron chi connectivity index (χ1n) is 8.10. The Kier molecular flexibility index (Phi) is 5.35. The topological polar surface area (TPSA) is 66.9 Å². The lowest BCUT2D eigenvalue weighted by Gasteiger charge is -2.27. The van der Waals surface area contributed by atoms with E-state index in [4.69, 9.17) is 0 Å². The summed E-state index contributed by atoms with van der Waals surface area (Å²) in [4.78, 5) is 21.0. The van der Waals surface area contributed by atoms with E-state index in [1.807, 2.05) is 23.6 Å². The van der Waals surface area contributed by atoms with Crippen LogP contribution in [-0.4, -0.2) is 29.0 Å². The van der Waals surface area contributed by atoms with Crippen LogP contribution in [0.4, 0.5) is 5.13 Å². The molecule has 6 heteroatoms. The van der Waals surface area contributed by atoms with Crippen LogP contribution in [0.5, 0.6) is 0 Å². The summed E-state index contributed by atoms with van der Waals surface area (Å²) in [6.45, 7) is 4.31. The second kappa shape index (κ2) is 7.66. The number of hydrogen-bond acceptors (Lipinski definition) is 5. The van der Waals surface area contributed by atoms with Gasteiger partial charge < -0.3 is 10.6 Å². The fourth-order valence-electron chi connectivity index (χ4n) is 3.01. The molecular formula is C17H22N4OS. The van der Waals surface area contributed by atoms with Gasteiger partial charge in [0.1, 0.15) is 5.69 Å². The molecule has 2 N–H and O–H groups in total. The predicted octanol–water partition coefficient (Wildman–Crippen LogP) is 3.17. The second-order valence-corrected chi connectivity index (χ2v) is 6.93. The van der Waals surface area contributed by atoms with Crippen LogP contribution >= 0.6 is 11.3 Å². The van der Waals surface area contributed by atoms with Gasteiger partial charge >= 0.3 is 0 Å². The Morgan fingerprint density at radius 2 is 2.22 bits per heavy atom. The summed E-state index contributed by atoms with van der Waals surface area (Å²) in [5.74, 6) is 1.10. The molecule has 122 valence electrons. The SMILES string of the molecule is CC(CC(=O)Nc1nc(-c2ccccn2)cs1)C1CCNCC1. The molecule has 1 atom stereocenters. The maximum absolute atomic E-state index is 12.2. The van der Waals surface area contributed by atoms with Crippen molar-refractivity contribution in [3.05, 3.63) is 29.8 Å². The Bertz CT molecular complexity index is 637. The quantitative estimate of drug-likeness (QED) is 0.884. The smallest absolute Gasteiger partial charge is 0.226 e. The first-order valence-corrected chi connectivity index (χ1v) is 8.98. The number of nitrogens with zero attached hydrogens (tertiary/aromatic N) is 2. The first-order chi connectivity index (χ1) is 11.2. The van der Waals surface area contributed by atoms with Crippen molar-refractivity contribution in [3.63, 3.8) is 0 Å². The lowest BCUT2D eigenvalue weighted by atomic mass is 9.84. The highest BCUT2D eigenvalue weighted by Gasteiger charge is 2.22. The van der Waals surface area contributed by atoms with E-state index in [0.29, 0.717) is 23.4 Å². The minimum Gasteiger partial charge on any atom is -0.317 e. The van der Waals surface area contributed by atoms with E-state index in [1.54, 1.807) is 6.20 Å². The first kappa shape index (κ1) is 16.1. The third-order valence-electron chi connectivity index (χ3n) is 4.37. The molecule has 1 fully saturated rings. The lowest BCUT2D eigenvalue weighted by Crippen LogP contribution is -2.32. The van der Waals surface area contributed by atoms with Gasteiger partial charge in [-0.05, 0) is 49.9 Å². The van der Waals surface area contributed by atoms with Gasteiger partial charge in [0.15, 0.2) is 5.13 Å². The molecule has 0 aliphatic carbocycles. The fourth-order valence-corrected chi connectivity index (χ4v) is 3.73. The zero-order valence-corrected chi connectivity index (χ0v) is 14.1. The molecule has 5 nitrogen and oxygen atoms in total. The van der Waals surface area contributed by atoms with Gasteiger partial charge in [-0.2, -0.15) is 0 Å². The van der Waals surface area contributed by atoms with E-state index >= 15 is 0 Å². The van der Waals surface area contributed by atoms with Crippen molar-refractivity contribution >= 4 is 22.4 Å². The number of rotatable bonds is 5. The summed E-state index contributed by atoms with van der Waals surface area (Å²) in [6, 6.07) is 5.72. The standard InChI is InChI=1S/C17H22N4OS/c1-12(13-5-8-18-9-6-13)10-16(22)21-17-20-15(11-23-17)14-4-2-3-7-19-14/h2-4,7,11-13,18H,5-6,8-10H2,1H3,(H,20,21,22). The molecule has 0 aromatic carbocycles. The van der Waals surface area contributed by atoms with Gasteiger partial charge in [-0.1, -0.05) is 13.0 Å². The van der Waals surface area contributed by atoms with Crippen LogP contribution in [0.25, 0.3) is 11.4 Å². The monoisotopic (exact) mass is 330 g/mol. The maximum Gasteiger partial charge on any atom is 0.226 e. The van der Waals surface area contributed by atoms with Crippen molar-refractivity contribution in [1.82, 2.24) is 15.3 Å². The summed E-state index contributed by atoms with van der Waals surface area (Å²) in [7, 11) is 0. The summed E-state index contributed by atoms with van der Waals surface area (Å²) >= 11 is 1.44. The van der Waals surface area contributed by atoms with Crippen LogP contribution in [0.2, 0.25) is 0 Å². The van der Waals surface area contributed by atoms with Crippen LogP contribution in [0, 0.1) is 11.8 Å². The molecule has 1 amide bonds. The van der Waals surface area contributed by atoms with Gasteiger partial charge in [0.25, 0.3) is 0 Å². The van der Waals surface area contributed by atoms with Crippen molar-refractivity contribution < 1.29 is 4.79 Å². The Labute approximate surface area is 140 Å². The molecule has 1 unspecified atom stereocenters. The second-order valence-electron chi connectivity index (χ2n) is 6.07. The molecule has 1 saturated heterocycles. The molecule has 3 heterocycles. The van der Waals surface area contributed by atoms with E-state index in [1.165, 1.54) is 11.3 Å². The normalized spacial score (nSPS) is 16.9. The van der Waals surface area contributed by atoms with Crippen molar-refractivity contribution in [2.45, 2.75) is 26.2 Å². The molecule has 1 aliphatic heterocycles. The van der Waals surface area contributed by atoms with Crippen LogP contribution in [0.3, 0.4) is 0 Å². The van der Waals surface area contributed by atoms with Crippen molar-refractivity contribution in [2.75, 3.05) is 18.4 Å². The number of thiazole rings is 1. The number of hydrogen-bond donors (Lipinski definition) is 2. The highest BCUT2D eigenvalue weighted by molar-refractivity contribution is 7.14. The maximum atomic E-state index is 12.2. The van der Waals surface area contributed by atoms with Crippen molar-refractivity contribution in [2.24, 2.45) is 11.8 Å². The molecule has 1 aliphatic rings. The largest absolute Gasteiger partial charge is 0.317 e. The number of anilines is 1. The van der Waals surface area contributed by atoms with Gasteiger partial charge in [0.2, 0.25) is 5.91 Å². The minimum atomic E-state index is 0.0537. The molecule has 0 radical (unpaired) electrons. The van der Waals surface area contributed by atoms with Crippen molar-refractivity contribution in [3.8, 4) is 11.4 Å². The summed E-state index contributed by atoms with van der Waals surface area (Å²) in [6.07, 6.45) is 4.63. The molecule has 2 aromatic heterocycles. The number of pyridine rings is 1. The van der Waals surface area contributed by atoms with Crippen LogP contribution in [0.1, 0.15) is 26.2 Å². The number of aromatic nitrogens is 2. The van der Waals surface area contributed by atoms with E-state index in [-0.39, 0.29) is 5.91 Å². The summed E-state index contributed by atoms with van der Waals surface area (Å²) < 4.78 is 0. The molecule has 0 spiro atoms. The van der Waals surface area contributed by atoms with Crippen LogP contribution in [-0.2, 0) is 4.79 Å². The molecule has 3 rings (SSSR count). The average molecular weight is 330 g/mol. The number of carbonyl (C=O) groups excluding carboxylic acids is 1. The third-order valence-corrected chi connectivity index (χ3v) is 5.13. The Morgan fingerprint density at radius 3 is 2.96 bits per heavy atom. The number of nitrogens with one attached hydrogen (secondary N) is 2. The van der Waals surface area contributed by atoms with Crippen molar-refractivity contribution in [1.29, 1.82) is 0 Å². The van der Waals surface area contributed by atoms with E-state index in [0.717, 1.165) is 37.3 Å². The van der Waals surface area contributed by atoms with Gasteiger partial charge in [-0.25, -0.2) is 4.98 Å². The Hall–Kier alpha value is -1.79. The minimum absolute atomic E-state index is 0.0537. The van der Waals surface area contributed by atoms with Gasteiger partial charge in [0, 0.05) is 18.0 Å². The predicted molar refractivity (Wildman–Crippen MR) is 93.3 cm³/mol. The number of carbonyl (C=O) groups is 1. The van der Waals surface area contributed by atoms with Gasteiger partial charge in [-0.15, -0.1) is 11.3 Å². The molecular weight excluding hydrogens is 308 g/mol. The average Bonchev–Trinajstić information content (AvgIpc) is 3.04. The fraction of sp³-hybridized carbons (Fsp3) is 0.471. The van der Waals surface area contributed by atoms with Crippen LogP contribution < -0.4 is 10.6 Å². The van der Waals surface area contributed by atoms with E-state index in [2.05, 4.69) is 27.5 Å². The van der Waals surface area contributed by atoms with E-state index in [9.17, 15) is 4.79 Å². The molecule has 0 bridgehead atoms. The zero-order chi connectivity index (χ0) is 16.1. The van der Waals surface area contributed by atoms with Gasteiger partial charge in [-0.3, -0.25) is 9.78 Å².